The van der Waals surface area contributed by atoms with Crippen LogP contribution in [0.3, 0.4) is 0 Å². The van der Waals surface area contributed by atoms with Gasteiger partial charge in [-0.05, 0) is 125 Å². The van der Waals surface area contributed by atoms with Crippen LogP contribution >= 0.6 is 0 Å². The highest BCUT2D eigenvalue weighted by Gasteiger charge is 2.40. The Hall–Kier alpha value is -7.02. The summed E-state index contributed by atoms with van der Waals surface area (Å²) >= 11 is 0. The molecule has 1 aromatic heterocycles. The summed E-state index contributed by atoms with van der Waals surface area (Å²) in [5, 5.41) is 35.6. The largest absolute Gasteiger partial charge is 0.494 e. The molecule has 358 valence electrons. The van der Waals surface area contributed by atoms with Crippen molar-refractivity contribution in [3.8, 4) is 5.75 Å². The fraction of sp³-hybridized carbons (Fsp3) is 0.400. The number of aromatic nitrogens is 1. The van der Waals surface area contributed by atoms with E-state index in [0.29, 0.717) is 92.4 Å². The van der Waals surface area contributed by atoms with Crippen molar-refractivity contribution in [1.29, 1.82) is 10.8 Å². The Morgan fingerprint density at radius 1 is 0.868 bits per heavy atom. The van der Waals surface area contributed by atoms with Crippen LogP contribution in [0, 0.1) is 10.8 Å². The number of amidine groups is 2. The molecule has 2 atom stereocenters. The molecule has 4 heterocycles. The lowest BCUT2D eigenvalue weighted by Crippen LogP contribution is -2.58. The molecule has 1 unspecified atom stereocenters. The summed E-state index contributed by atoms with van der Waals surface area (Å²) in [7, 11) is 0. The van der Waals surface area contributed by atoms with Crippen LogP contribution in [-0.4, -0.2) is 109 Å². The number of nitrogens with one attached hydrogen (secondary N) is 8. The van der Waals surface area contributed by atoms with E-state index < -0.39 is 17.5 Å². The van der Waals surface area contributed by atoms with Crippen molar-refractivity contribution in [2.24, 2.45) is 0 Å². The number of anilines is 2. The highest BCUT2D eigenvalue weighted by atomic mass is 16.5. The molecule has 0 saturated carbocycles. The first kappa shape index (κ1) is 48.9. The van der Waals surface area contributed by atoms with E-state index in [2.05, 4.69) is 36.9 Å². The van der Waals surface area contributed by atoms with Crippen molar-refractivity contribution in [2.45, 2.75) is 82.5 Å². The Morgan fingerprint density at radius 2 is 1.62 bits per heavy atom. The second-order valence-electron chi connectivity index (χ2n) is 17.1. The van der Waals surface area contributed by atoms with Crippen molar-refractivity contribution in [3.63, 3.8) is 0 Å². The van der Waals surface area contributed by atoms with E-state index in [-0.39, 0.29) is 67.3 Å². The number of pyridine rings is 1. The maximum absolute atomic E-state index is 13.5. The van der Waals surface area contributed by atoms with Crippen molar-refractivity contribution < 1.29 is 38.2 Å². The van der Waals surface area contributed by atoms with Gasteiger partial charge in [0.1, 0.15) is 30.1 Å². The third kappa shape index (κ3) is 12.9. The van der Waals surface area contributed by atoms with E-state index in [1.807, 2.05) is 43.3 Å². The minimum Gasteiger partial charge on any atom is -0.494 e. The summed E-state index contributed by atoms with van der Waals surface area (Å²) in [5.74, 6) is -0.694. The lowest BCUT2D eigenvalue weighted by atomic mass is 9.86. The molecule has 68 heavy (non-hydrogen) atoms. The zero-order chi connectivity index (χ0) is 47.9. The predicted octanol–water partition coefficient (Wildman–Crippen LogP) is 5.07. The topological polar surface area (TPSA) is 249 Å². The summed E-state index contributed by atoms with van der Waals surface area (Å²) < 4.78 is 17.4. The van der Waals surface area contributed by atoms with Crippen molar-refractivity contribution in [1.82, 2.24) is 31.2 Å². The third-order valence-electron chi connectivity index (χ3n) is 12.2. The van der Waals surface area contributed by atoms with Gasteiger partial charge in [-0.25, -0.2) is 0 Å². The van der Waals surface area contributed by atoms with Crippen molar-refractivity contribution in [3.05, 3.63) is 119 Å². The molecule has 3 aliphatic rings. The van der Waals surface area contributed by atoms with Crippen LogP contribution in [0.4, 0.5) is 11.4 Å². The Kier molecular flexibility index (Phi) is 17.0. The van der Waals surface area contributed by atoms with Gasteiger partial charge >= 0.3 is 0 Å². The lowest BCUT2D eigenvalue weighted by Gasteiger charge is -2.40. The van der Waals surface area contributed by atoms with Gasteiger partial charge in [0.2, 0.25) is 17.7 Å². The number of amides is 5. The smallest absolute Gasteiger partial charge is 0.255 e. The lowest BCUT2D eigenvalue weighted by molar-refractivity contribution is -0.137. The average molecular weight is 929 g/mol. The van der Waals surface area contributed by atoms with E-state index in [0.717, 1.165) is 30.6 Å². The summed E-state index contributed by atoms with van der Waals surface area (Å²) in [6.07, 6.45) is 8.15. The first-order chi connectivity index (χ1) is 33.0. The van der Waals surface area contributed by atoms with Crippen LogP contribution < -0.4 is 36.6 Å². The third-order valence-corrected chi connectivity index (χ3v) is 12.2. The molecule has 8 N–H and O–H groups in total. The molecule has 3 aliphatic heterocycles. The number of unbranched alkanes of at least 4 members (excludes halogenated alkanes) is 2. The van der Waals surface area contributed by atoms with Gasteiger partial charge in [0.15, 0.2) is 0 Å². The van der Waals surface area contributed by atoms with Crippen LogP contribution in [0.5, 0.6) is 5.75 Å². The maximum Gasteiger partial charge on any atom is 0.255 e. The van der Waals surface area contributed by atoms with Crippen molar-refractivity contribution >= 4 is 52.6 Å². The fourth-order valence-electron chi connectivity index (χ4n) is 8.47. The Balaban J connectivity index is 0.755. The molecular formula is C50H60N10O8. The van der Waals surface area contributed by atoms with Crippen LogP contribution in [-0.2, 0) is 30.4 Å². The molecule has 0 spiro atoms. The number of imide groups is 1. The number of fused-ring (bicyclic) bond motifs is 1. The summed E-state index contributed by atoms with van der Waals surface area (Å²) in [6.45, 7) is 5.30. The molecule has 18 heteroatoms. The molecule has 0 aliphatic carbocycles. The number of hydrogen-bond donors (Lipinski definition) is 8. The van der Waals surface area contributed by atoms with Gasteiger partial charge in [0.05, 0.1) is 18.2 Å². The highest BCUT2D eigenvalue weighted by Crippen LogP contribution is 2.33. The molecule has 4 aromatic rings. The predicted molar refractivity (Wildman–Crippen MR) is 256 cm³/mol. The minimum absolute atomic E-state index is 0.121. The Labute approximate surface area is 395 Å². The van der Waals surface area contributed by atoms with E-state index in [1.165, 1.54) is 4.90 Å². The van der Waals surface area contributed by atoms with Crippen LogP contribution in [0.15, 0.2) is 91.3 Å². The molecule has 2 saturated heterocycles. The Bertz CT molecular complexity index is 2460. The van der Waals surface area contributed by atoms with Gasteiger partial charge < -0.3 is 45.7 Å². The normalized spacial score (nSPS) is 16.8. The molecule has 2 fully saturated rings. The van der Waals surface area contributed by atoms with Gasteiger partial charge in [0.25, 0.3) is 11.8 Å². The number of rotatable bonds is 22. The van der Waals surface area contributed by atoms with Crippen LogP contribution in [0.1, 0.15) is 102 Å². The fourth-order valence-corrected chi connectivity index (χ4v) is 8.47. The minimum atomic E-state index is -0.754. The van der Waals surface area contributed by atoms with Gasteiger partial charge in [-0.3, -0.25) is 45.1 Å². The van der Waals surface area contributed by atoms with Gasteiger partial charge in [0, 0.05) is 78.8 Å². The molecule has 18 nitrogen and oxygen atoms in total. The number of carbonyl (C=O) groups excluding carboxylic acids is 5. The van der Waals surface area contributed by atoms with E-state index in [1.54, 1.807) is 54.9 Å². The first-order valence-electron chi connectivity index (χ1n) is 23.2. The monoisotopic (exact) mass is 928 g/mol. The maximum atomic E-state index is 13.5. The molecule has 7 rings (SSSR count). The average Bonchev–Trinajstić information content (AvgIpc) is 3.68. The highest BCUT2D eigenvalue weighted by molar-refractivity contribution is 6.10. The quantitative estimate of drug-likeness (QED) is 0.0223. The summed E-state index contributed by atoms with van der Waals surface area (Å²) in [6, 6.07) is 22.5. The number of ether oxygens (including phenoxy) is 3. The van der Waals surface area contributed by atoms with Gasteiger partial charge in [-0.15, -0.1) is 0 Å². The number of nitrogens with zero attached hydrogens (tertiary/aromatic N) is 2. The van der Waals surface area contributed by atoms with Crippen LogP contribution in [0.2, 0.25) is 0 Å². The number of piperidine rings is 2. The van der Waals surface area contributed by atoms with Crippen LogP contribution in [0.25, 0.3) is 0 Å². The van der Waals surface area contributed by atoms with Crippen molar-refractivity contribution in [2.75, 3.05) is 56.8 Å². The molecule has 0 radical (unpaired) electrons. The summed E-state index contributed by atoms with van der Waals surface area (Å²) in [4.78, 5) is 68.7. The van der Waals surface area contributed by atoms with E-state index in [4.69, 9.17) is 25.0 Å². The second-order valence-corrected chi connectivity index (χ2v) is 17.1. The Morgan fingerprint density at radius 3 is 2.43 bits per heavy atom. The second kappa shape index (κ2) is 23.6. The van der Waals surface area contributed by atoms with E-state index in [9.17, 15) is 24.0 Å². The molecular weight excluding hydrogens is 869 g/mol. The molecule has 3 aromatic carbocycles. The molecule has 5 amide bonds. The van der Waals surface area contributed by atoms with E-state index >= 15 is 0 Å². The standard InChI is InChI=1S/C50H60N10O8/c1-33(55-46(63)36-10-5-11-37(29-36)59-50(19-23-54-24-20-50)49(52)58-45(51)34-17-21-53-22-18-34)35-9-6-12-38(30-35)68-28-4-2-3-25-66-26-8-27-67-32-44(62)56-41-14-7-13-39-40(41)31-60(48(39)65)42-15-16-43(61)57-47(42)64/h5-7,9-14,17-18,21-22,29-30,33,42,54,59H,2-4,8,15-16,19-20,23-28,31-32H2,1H3,(H,55,63)(H,56,62)(H3,51,52,58)(H,57,61,64)/t33-,42?/m0/s1. The zero-order valence-corrected chi connectivity index (χ0v) is 38.3. The number of benzene rings is 3. The first-order valence-corrected chi connectivity index (χ1v) is 23.2. The number of hydrogen-bond acceptors (Lipinski definition) is 13. The van der Waals surface area contributed by atoms with Gasteiger partial charge in [-0.2, -0.15) is 0 Å². The van der Waals surface area contributed by atoms with Gasteiger partial charge in [-0.1, -0.05) is 24.3 Å². The SMILES string of the molecule is C[C@H](NC(=O)c1cccc(NC2(C(=N)NC(=N)c3ccncc3)CCNCC2)c1)c1cccc(OCCCCCOCCCOCC(=O)Nc2cccc3c2CN(C2CCC(=O)NC2=O)C3=O)c1. The number of carbonyl (C=O) groups is 5. The zero-order valence-electron chi connectivity index (χ0n) is 38.3. The molecule has 0 bridgehead atoms. The summed E-state index contributed by atoms with van der Waals surface area (Å²) in [5.41, 5.74) is 3.52.